The summed E-state index contributed by atoms with van der Waals surface area (Å²) in [4.78, 5) is 15.3. The Bertz CT molecular complexity index is 494. The normalized spacial score (nSPS) is 11.8. The van der Waals surface area contributed by atoms with E-state index in [1.165, 1.54) is 6.21 Å². The molecular formula is C14H15ClN2O3. The SMILES string of the molecule is CCOC(=O)[C@@H](C#N)C=NCCOc1ccc(Cl)cc1. The van der Waals surface area contributed by atoms with E-state index in [-0.39, 0.29) is 6.61 Å². The number of carbonyl (C=O) groups excluding carboxylic acids is 1. The van der Waals surface area contributed by atoms with Crippen LogP contribution in [0, 0.1) is 17.2 Å². The third-order valence-electron chi connectivity index (χ3n) is 2.24. The minimum absolute atomic E-state index is 0.241. The Morgan fingerprint density at radius 1 is 1.50 bits per heavy atom. The van der Waals surface area contributed by atoms with E-state index in [2.05, 4.69) is 4.99 Å². The zero-order valence-corrected chi connectivity index (χ0v) is 11.8. The van der Waals surface area contributed by atoms with Gasteiger partial charge in [-0.2, -0.15) is 5.26 Å². The lowest BCUT2D eigenvalue weighted by atomic mass is 10.2. The molecule has 0 heterocycles. The highest BCUT2D eigenvalue weighted by atomic mass is 35.5. The highest BCUT2D eigenvalue weighted by Crippen LogP contribution is 2.15. The van der Waals surface area contributed by atoms with Crippen molar-refractivity contribution in [2.75, 3.05) is 19.8 Å². The zero-order chi connectivity index (χ0) is 14.8. The van der Waals surface area contributed by atoms with Crippen LogP contribution in [0.5, 0.6) is 5.75 Å². The molecule has 0 saturated heterocycles. The molecule has 0 unspecified atom stereocenters. The molecule has 0 aromatic heterocycles. The summed E-state index contributed by atoms with van der Waals surface area (Å²) >= 11 is 5.75. The summed E-state index contributed by atoms with van der Waals surface area (Å²) in [7, 11) is 0. The molecule has 1 aromatic carbocycles. The minimum Gasteiger partial charge on any atom is -0.492 e. The highest BCUT2D eigenvalue weighted by Gasteiger charge is 2.15. The number of aliphatic imine (C=N–C) groups is 1. The molecule has 1 atom stereocenters. The first kappa shape index (κ1) is 16.0. The van der Waals surface area contributed by atoms with E-state index in [9.17, 15) is 4.79 Å². The van der Waals surface area contributed by atoms with Crippen LogP contribution in [-0.2, 0) is 9.53 Å². The predicted molar refractivity (Wildman–Crippen MR) is 76.0 cm³/mol. The zero-order valence-electron chi connectivity index (χ0n) is 11.1. The lowest BCUT2D eigenvalue weighted by Crippen LogP contribution is -2.17. The van der Waals surface area contributed by atoms with E-state index in [0.717, 1.165) is 0 Å². The maximum absolute atomic E-state index is 11.3. The van der Waals surface area contributed by atoms with Crippen molar-refractivity contribution < 1.29 is 14.3 Å². The molecule has 0 aliphatic carbocycles. The summed E-state index contributed by atoms with van der Waals surface area (Å²) in [5.74, 6) is -0.866. The van der Waals surface area contributed by atoms with Gasteiger partial charge in [-0.1, -0.05) is 11.6 Å². The molecule has 0 amide bonds. The Kier molecular flexibility index (Phi) is 7.15. The number of carbonyl (C=O) groups is 1. The molecule has 6 heteroatoms. The first-order valence-electron chi connectivity index (χ1n) is 6.12. The Balaban J connectivity index is 2.32. The van der Waals surface area contributed by atoms with Crippen LogP contribution in [0.2, 0.25) is 5.02 Å². The molecule has 0 aliphatic rings. The van der Waals surface area contributed by atoms with Crippen LogP contribution in [0.1, 0.15) is 6.92 Å². The summed E-state index contributed by atoms with van der Waals surface area (Å²) in [5.41, 5.74) is 0. The molecule has 0 N–H and O–H groups in total. The third kappa shape index (κ3) is 5.72. The van der Waals surface area contributed by atoms with Gasteiger partial charge in [0.25, 0.3) is 0 Å². The lowest BCUT2D eigenvalue weighted by molar-refractivity contribution is -0.143. The molecule has 0 spiro atoms. The fourth-order valence-electron chi connectivity index (χ4n) is 1.31. The molecule has 5 nitrogen and oxygen atoms in total. The van der Waals surface area contributed by atoms with Crippen molar-refractivity contribution in [1.29, 1.82) is 5.26 Å². The summed E-state index contributed by atoms with van der Waals surface area (Å²) in [5, 5.41) is 9.44. The van der Waals surface area contributed by atoms with Crippen molar-refractivity contribution in [2.24, 2.45) is 10.9 Å². The van der Waals surface area contributed by atoms with Crippen molar-refractivity contribution in [3.63, 3.8) is 0 Å². The lowest BCUT2D eigenvalue weighted by Gasteiger charge is -2.04. The first-order valence-corrected chi connectivity index (χ1v) is 6.49. The summed E-state index contributed by atoms with van der Waals surface area (Å²) in [6.07, 6.45) is 1.28. The van der Waals surface area contributed by atoms with E-state index in [1.807, 2.05) is 6.07 Å². The Hall–Kier alpha value is -2.06. The largest absolute Gasteiger partial charge is 0.492 e. The van der Waals surface area contributed by atoms with Crippen molar-refractivity contribution in [2.45, 2.75) is 6.92 Å². The number of nitriles is 1. The van der Waals surface area contributed by atoms with Crippen molar-refractivity contribution >= 4 is 23.8 Å². The molecule has 0 aliphatic heterocycles. The first-order chi connectivity index (χ1) is 9.67. The predicted octanol–water partition coefficient (Wildman–Crippen LogP) is 2.49. The van der Waals surface area contributed by atoms with E-state index in [4.69, 9.17) is 26.3 Å². The Morgan fingerprint density at radius 2 is 2.20 bits per heavy atom. The second-order valence-electron chi connectivity index (χ2n) is 3.72. The van der Waals surface area contributed by atoms with E-state index < -0.39 is 11.9 Å². The maximum Gasteiger partial charge on any atom is 0.328 e. The summed E-state index contributed by atoms with van der Waals surface area (Å²) < 4.78 is 10.1. The molecule has 0 radical (unpaired) electrons. The topological polar surface area (TPSA) is 71.7 Å². The number of benzene rings is 1. The van der Waals surface area contributed by atoms with Gasteiger partial charge in [0, 0.05) is 11.2 Å². The van der Waals surface area contributed by atoms with Gasteiger partial charge in [-0.15, -0.1) is 0 Å². The van der Waals surface area contributed by atoms with Crippen LogP contribution in [-0.4, -0.2) is 31.9 Å². The van der Waals surface area contributed by atoms with E-state index in [1.54, 1.807) is 31.2 Å². The van der Waals surface area contributed by atoms with Crippen LogP contribution in [0.25, 0.3) is 0 Å². The molecule has 1 rings (SSSR count). The number of hydrogen-bond donors (Lipinski definition) is 0. The van der Waals surface area contributed by atoms with Gasteiger partial charge in [0.1, 0.15) is 12.4 Å². The van der Waals surface area contributed by atoms with Crippen LogP contribution in [0.4, 0.5) is 0 Å². The second kappa shape index (κ2) is 8.94. The average molecular weight is 295 g/mol. The van der Waals surface area contributed by atoms with Crippen LogP contribution < -0.4 is 4.74 Å². The van der Waals surface area contributed by atoms with E-state index in [0.29, 0.717) is 23.9 Å². The smallest absolute Gasteiger partial charge is 0.328 e. The van der Waals surface area contributed by atoms with Gasteiger partial charge in [0.2, 0.25) is 0 Å². The number of halogens is 1. The van der Waals surface area contributed by atoms with E-state index >= 15 is 0 Å². The van der Waals surface area contributed by atoms with Crippen LogP contribution in [0.3, 0.4) is 0 Å². The number of rotatable bonds is 7. The molecule has 0 saturated carbocycles. The third-order valence-corrected chi connectivity index (χ3v) is 2.49. The van der Waals surface area contributed by atoms with Gasteiger partial charge < -0.3 is 9.47 Å². The second-order valence-corrected chi connectivity index (χ2v) is 4.15. The highest BCUT2D eigenvalue weighted by molar-refractivity contribution is 6.30. The van der Waals surface area contributed by atoms with Crippen molar-refractivity contribution in [3.05, 3.63) is 29.3 Å². The molecule has 1 aromatic rings. The molecule has 20 heavy (non-hydrogen) atoms. The van der Waals surface area contributed by atoms with Gasteiger partial charge >= 0.3 is 5.97 Å². The van der Waals surface area contributed by atoms with Gasteiger partial charge in [-0.05, 0) is 31.2 Å². The van der Waals surface area contributed by atoms with Gasteiger partial charge in [-0.3, -0.25) is 9.79 Å². The molecule has 106 valence electrons. The van der Waals surface area contributed by atoms with Gasteiger partial charge in [0.15, 0.2) is 5.92 Å². The van der Waals surface area contributed by atoms with Crippen molar-refractivity contribution in [3.8, 4) is 11.8 Å². The molecule has 0 bridgehead atoms. The molecular weight excluding hydrogens is 280 g/mol. The fraction of sp³-hybridized carbons (Fsp3) is 0.357. The number of ether oxygens (including phenoxy) is 2. The van der Waals surface area contributed by atoms with Gasteiger partial charge in [-0.25, -0.2) is 0 Å². The number of hydrogen-bond acceptors (Lipinski definition) is 5. The standard InChI is InChI=1S/C14H15ClN2O3/c1-2-19-14(18)11(9-16)10-17-7-8-20-13-5-3-12(15)4-6-13/h3-6,10-11H,2,7-8H2,1H3/t11-/m0/s1. The maximum atomic E-state index is 11.3. The Morgan fingerprint density at radius 3 is 2.80 bits per heavy atom. The van der Waals surface area contributed by atoms with Gasteiger partial charge in [0.05, 0.1) is 19.2 Å². The molecule has 0 fully saturated rings. The fourth-order valence-corrected chi connectivity index (χ4v) is 1.43. The van der Waals surface area contributed by atoms with Crippen molar-refractivity contribution in [1.82, 2.24) is 0 Å². The Labute approximate surface area is 122 Å². The quantitative estimate of drug-likeness (QED) is 0.440. The monoisotopic (exact) mass is 294 g/mol. The van der Waals surface area contributed by atoms with Crippen LogP contribution >= 0.6 is 11.6 Å². The minimum atomic E-state index is -0.967. The summed E-state index contributed by atoms with van der Waals surface area (Å²) in [6.45, 7) is 2.62. The number of nitrogens with zero attached hydrogens (tertiary/aromatic N) is 2. The number of esters is 1. The van der Waals surface area contributed by atoms with Crippen LogP contribution in [0.15, 0.2) is 29.3 Å². The average Bonchev–Trinajstić information content (AvgIpc) is 2.45. The summed E-state index contributed by atoms with van der Waals surface area (Å²) in [6, 6.07) is 8.79.